The molecule has 0 aliphatic carbocycles. The Hall–Kier alpha value is -1.15. The van der Waals surface area contributed by atoms with Gasteiger partial charge >= 0.3 is 5.97 Å². The number of nitrogens with one attached hydrogen (secondary N) is 1. The first-order chi connectivity index (χ1) is 9.42. The lowest BCUT2D eigenvalue weighted by atomic mass is 10.0. The minimum absolute atomic E-state index is 0.157. The second-order valence-corrected chi connectivity index (χ2v) is 5.77. The molecule has 0 aliphatic heterocycles. The molecule has 0 saturated heterocycles. The lowest BCUT2D eigenvalue weighted by molar-refractivity contribution is -0.142. The number of carbonyl (C=O) groups is 2. The smallest absolute Gasteiger partial charge is 0.326 e. The van der Waals surface area contributed by atoms with Gasteiger partial charge in [-0.2, -0.15) is 0 Å². The summed E-state index contributed by atoms with van der Waals surface area (Å²) in [6, 6.07) is -0.905. The summed E-state index contributed by atoms with van der Waals surface area (Å²) in [7, 11) is 0. The molecule has 8 heteroatoms. The molecule has 7 nitrogen and oxygen atoms in total. The van der Waals surface area contributed by atoms with Crippen LogP contribution in [0.25, 0.3) is 0 Å². The van der Waals surface area contributed by atoms with Crippen LogP contribution in [-0.4, -0.2) is 35.3 Å². The third kappa shape index (κ3) is 8.11. The van der Waals surface area contributed by atoms with E-state index in [-0.39, 0.29) is 17.6 Å². The number of aliphatic carboxylic acids is 1. The average Bonchev–Trinajstić information content (AvgIpc) is 2.37. The average molecular weight is 305 g/mol. The van der Waals surface area contributed by atoms with Crippen molar-refractivity contribution >= 4 is 23.8 Å². The molecule has 116 valence electrons. The van der Waals surface area contributed by atoms with Crippen LogP contribution in [-0.2, 0) is 9.59 Å². The number of nitrogens with two attached hydrogens (primary N) is 1. The van der Waals surface area contributed by atoms with Gasteiger partial charge in [0.15, 0.2) is 0 Å². The topological polar surface area (TPSA) is 122 Å². The Morgan fingerprint density at radius 1 is 1.40 bits per heavy atom. The fraction of sp³-hybridized carbons (Fsp3) is 0.833. The maximum absolute atomic E-state index is 12.1. The van der Waals surface area contributed by atoms with Gasteiger partial charge in [-0.15, -0.1) is 4.91 Å². The second kappa shape index (κ2) is 10.6. The Balaban J connectivity index is 4.59. The van der Waals surface area contributed by atoms with Gasteiger partial charge in [-0.3, -0.25) is 4.79 Å². The number of hydrogen-bond acceptors (Lipinski definition) is 6. The molecule has 1 amide bonds. The molecule has 0 aromatic heterocycles. The number of carboxylic acids is 1. The highest BCUT2D eigenvalue weighted by Gasteiger charge is 2.25. The molecule has 0 aliphatic rings. The van der Waals surface area contributed by atoms with E-state index >= 15 is 0 Å². The van der Waals surface area contributed by atoms with E-state index in [9.17, 15) is 14.5 Å². The number of carbonyl (C=O) groups excluding carboxylic acids is 1. The quantitative estimate of drug-likeness (QED) is 0.391. The van der Waals surface area contributed by atoms with Crippen LogP contribution in [0.15, 0.2) is 4.58 Å². The van der Waals surface area contributed by atoms with Crippen LogP contribution in [0.2, 0.25) is 0 Å². The minimum Gasteiger partial charge on any atom is -0.480 e. The molecule has 0 fully saturated rings. The number of hydrogen-bond donors (Lipinski definition) is 3. The largest absolute Gasteiger partial charge is 0.480 e. The Bertz CT molecular complexity index is 326. The molecule has 0 heterocycles. The van der Waals surface area contributed by atoms with Gasteiger partial charge in [0, 0.05) is 28.2 Å². The van der Waals surface area contributed by atoms with Crippen molar-refractivity contribution in [2.24, 2.45) is 22.2 Å². The fourth-order valence-corrected chi connectivity index (χ4v) is 2.32. The zero-order chi connectivity index (χ0) is 15.5. The maximum atomic E-state index is 12.1. The maximum Gasteiger partial charge on any atom is 0.326 e. The summed E-state index contributed by atoms with van der Waals surface area (Å²) in [6.07, 6.45) is 1.52. The molecule has 0 radical (unpaired) electrons. The molecule has 0 rings (SSSR count). The number of carboxylic acid groups (broad SMARTS) is 1. The van der Waals surface area contributed by atoms with Gasteiger partial charge in [-0.1, -0.05) is 13.8 Å². The fourth-order valence-electron chi connectivity index (χ4n) is 1.76. The Morgan fingerprint density at radius 3 is 2.50 bits per heavy atom. The highest BCUT2D eigenvalue weighted by molar-refractivity contribution is 7.97. The van der Waals surface area contributed by atoms with Gasteiger partial charge in [0.05, 0.1) is 0 Å². The Morgan fingerprint density at radius 2 is 2.05 bits per heavy atom. The van der Waals surface area contributed by atoms with Crippen molar-refractivity contribution in [3.63, 3.8) is 0 Å². The number of rotatable bonds is 11. The second-order valence-electron chi connectivity index (χ2n) is 5.03. The molecule has 20 heavy (non-hydrogen) atoms. The summed E-state index contributed by atoms with van der Waals surface area (Å²) < 4.78 is 2.67. The van der Waals surface area contributed by atoms with Crippen LogP contribution < -0.4 is 11.1 Å². The van der Waals surface area contributed by atoms with Crippen LogP contribution in [0, 0.1) is 16.7 Å². The molecule has 4 N–H and O–H groups in total. The van der Waals surface area contributed by atoms with Gasteiger partial charge in [-0.25, -0.2) is 4.79 Å². The molecule has 2 atom stereocenters. The van der Waals surface area contributed by atoms with Crippen LogP contribution in [0.5, 0.6) is 0 Å². The van der Waals surface area contributed by atoms with Crippen molar-refractivity contribution in [3.05, 3.63) is 4.91 Å². The molecular weight excluding hydrogens is 282 g/mol. The lowest BCUT2D eigenvalue weighted by Gasteiger charge is -2.20. The van der Waals surface area contributed by atoms with Crippen molar-refractivity contribution in [1.29, 1.82) is 0 Å². The minimum atomic E-state index is -1.05. The van der Waals surface area contributed by atoms with Crippen molar-refractivity contribution in [2.45, 2.75) is 39.2 Å². The zero-order valence-corrected chi connectivity index (χ0v) is 12.7. The first-order valence-corrected chi connectivity index (χ1v) is 7.54. The van der Waals surface area contributed by atoms with E-state index in [0.717, 1.165) is 11.9 Å². The van der Waals surface area contributed by atoms with E-state index in [1.54, 1.807) is 0 Å². The summed E-state index contributed by atoms with van der Waals surface area (Å²) in [4.78, 5) is 33.3. The molecule has 1 unspecified atom stereocenters. The van der Waals surface area contributed by atoms with E-state index in [0.29, 0.717) is 25.8 Å². The van der Waals surface area contributed by atoms with E-state index in [1.165, 1.54) is 0 Å². The first kappa shape index (κ1) is 18.9. The van der Waals surface area contributed by atoms with E-state index in [4.69, 9.17) is 10.8 Å². The first-order valence-electron chi connectivity index (χ1n) is 6.60. The SMILES string of the molecule is CC(C)C[C@H](NC(=O)C(CCCN)CSN=O)C(=O)O. The summed E-state index contributed by atoms with van der Waals surface area (Å²) >= 11 is 0.765. The summed E-state index contributed by atoms with van der Waals surface area (Å²) in [5.41, 5.74) is 5.40. The highest BCUT2D eigenvalue weighted by atomic mass is 32.2. The molecule has 0 saturated carbocycles. The van der Waals surface area contributed by atoms with Gasteiger partial charge in [-0.05, 0) is 31.7 Å². The zero-order valence-electron chi connectivity index (χ0n) is 11.9. The third-order valence-corrected chi connectivity index (χ3v) is 3.43. The summed E-state index contributed by atoms with van der Waals surface area (Å²) in [5.74, 6) is -1.46. The van der Waals surface area contributed by atoms with Crippen LogP contribution in [0.3, 0.4) is 0 Å². The lowest BCUT2D eigenvalue weighted by Crippen LogP contribution is -2.45. The summed E-state index contributed by atoms with van der Waals surface area (Å²) in [5, 5.41) is 11.6. The van der Waals surface area contributed by atoms with E-state index < -0.39 is 17.9 Å². The monoisotopic (exact) mass is 305 g/mol. The molecule has 0 aromatic rings. The third-order valence-electron chi connectivity index (χ3n) is 2.78. The van der Waals surface area contributed by atoms with Crippen LogP contribution >= 0.6 is 11.9 Å². The van der Waals surface area contributed by atoms with E-state index in [1.807, 2.05) is 13.8 Å². The van der Waals surface area contributed by atoms with Crippen LogP contribution in [0.1, 0.15) is 33.1 Å². The molecule has 0 spiro atoms. The Labute approximate surface area is 123 Å². The van der Waals surface area contributed by atoms with Crippen molar-refractivity contribution in [2.75, 3.05) is 12.3 Å². The van der Waals surface area contributed by atoms with Gasteiger partial charge in [0.25, 0.3) is 0 Å². The van der Waals surface area contributed by atoms with Gasteiger partial charge in [0.1, 0.15) is 6.04 Å². The van der Waals surface area contributed by atoms with Crippen molar-refractivity contribution in [3.8, 4) is 0 Å². The predicted molar refractivity (Wildman–Crippen MR) is 79.1 cm³/mol. The van der Waals surface area contributed by atoms with Crippen molar-refractivity contribution < 1.29 is 14.7 Å². The number of nitroso groups, excluding NO2 is 1. The highest BCUT2D eigenvalue weighted by Crippen LogP contribution is 2.16. The molecular formula is C12H23N3O4S. The Kier molecular flexibility index (Phi) is 10.0. The normalized spacial score (nSPS) is 13.8. The molecule has 0 aromatic carbocycles. The predicted octanol–water partition coefficient (Wildman–Crippen LogP) is 1.37. The van der Waals surface area contributed by atoms with Crippen LogP contribution in [0.4, 0.5) is 0 Å². The number of amides is 1. The number of nitrogens with zero attached hydrogens (tertiary/aromatic N) is 1. The van der Waals surface area contributed by atoms with E-state index in [2.05, 4.69) is 9.90 Å². The van der Waals surface area contributed by atoms with Gasteiger partial charge in [0.2, 0.25) is 5.91 Å². The molecule has 0 bridgehead atoms. The van der Waals surface area contributed by atoms with Crippen molar-refractivity contribution in [1.82, 2.24) is 5.32 Å². The summed E-state index contributed by atoms with van der Waals surface area (Å²) in [6.45, 7) is 4.22. The standard InChI is InChI=1S/C12H23N3O4S/c1-8(2)6-10(12(17)18)14-11(16)9(4-3-5-13)7-20-15-19/h8-10H,3-7,13H2,1-2H3,(H,14,16)(H,17,18)/t9?,10-/m0/s1. The van der Waals surface area contributed by atoms with Gasteiger partial charge < -0.3 is 16.2 Å².